The first-order valence-corrected chi connectivity index (χ1v) is 9.27. The van der Waals surface area contributed by atoms with Crippen molar-refractivity contribution in [2.45, 2.75) is 18.4 Å². The van der Waals surface area contributed by atoms with E-state index in [1.54, 1.807) is 12.1 Å². The molecule has 6 rings (SSSR count). The molecule has 2 bridgehead atoms. The molecule has 140 valence electrons. The van der Waals surface area contributed by atoms with Gasteiger partial charge in [0.2, 0.25) is 0 Å². The first kappa shape index (κ1) is 17.2. The highest BCUT2D eigenvalue weighted by Crippen LogP contribution is 2.64. The summed E-state index contributed by atoms with van der Waals surface area (Å²) in [5.74, 6) is -4.01. The van der Waals surface area contributed by atoms with E-state index in [2.05, 4.69) is 6.58 Å². The molecule has 3 aliphatic carbocycles. The number of hydrogen-bond acceptors (Lipinski definition) is 5. The van der Waals surface area contributed by atoms with Crippen LogP contribution in [0.5, 0.6) is 0 Å². The molecule has 0 radical (unpaired) electrons. The molecule has 1 fully saturated rings. The molecular weight excluding hydrogens is 380 g/mol. The van der Waals surface area contributed by atoms with Crippen molar-refractivity contribution < 1.29 is 23.9 Å². The van der Waals surface area contributed by atoms with Gasteiger partial charge in [-0.25, -0.2) is 4.79 Å². The van der Waals surface area contributed by atoms with Crippen LogP contribution in [0.2, 0.25) is 5.02 Å². The van der Waals surface area contributed by atoms with Crippen LogP contribution in [0.15, 0.2) is 54.6 Å². The van der Waals surface area contributed by atoms with Gasteiger partial charge < -0.3 is 9.47 Å². The van der Waals surface area contributed by atoms with E-state index in [4.69, 9.17) is 21.1 Å². The molecule has 4 unspecified atom stereocenters. The van der Waals surface area contributed by atoms with E-state index >= 15 is 0 Å². The zero-order chi connectivity index (χ0) is 19.8. The fourth-order valence-corrected chi connectivity index (χ4v) is 5.10. The summed E-state index contributed by atoms with van der Waals surface area (Å²) < 4.78 is 11.0. The van der Waals surface area contributed by atoms with Crippen LogP contribution in [-0.4, -0.2) is 17.9 Å². The summed E-state index contributed by atoms with van der Waals surface area (Å²) in [6, 6.07) is 12.7. The Morgan fingerprint density at radius 2 is 1.82 bits per heavy atom. The first-order chi connectivity index (χ1) is 13.4. The Balaban J connectivity index is 1.90. The lowest BCUT2D eigenvalue weighted by molar-refractivity contribution is -0.167. The number of rotatable bonds is 2. The topological polar surface area (TPSA) is 69.7 Å². The summed E-state index contributed by atoms with van der Waals surface area (Å²) in [5.41, 5.74) is 1.65. The Bertz CT molecular complexity index is 1100. The molecule has 4 atom stereocenters. The van der Waals surface area contributed by atoms with Crippen LogP contribution in [0.4, 0.5) is 0 Å². The van der Waals surface area contributed by atoms with Crippen LogP contribution in [0.25, 0.3) is 0 Å². The molecule has 0 saturated carbocycles. The maximum Gasteiger partial charge on any atom is 0.334 e. The lowest BCUT2D eigenvalue weighted by atomic mass is 9.52. The number of carbonyl (C=O) groups is 3. The number of hydrogen-bond donors (Lipinski definition) is 0. The lowest BCUT2D eigenvalue weighted by Gasteiger charge is -2.52. The van der Waals surface area contributed by atoms with Gasteiger partial charge in [0.05, 0.1) is 5.92 Å². The maximum atomic E-state index is 12.8. The van der Waals surface area contributed by atoms with Crippen molar-refractivity contribution in [2.75, 3.05) is 0 Å². The lowest BCUT2D eigenvalue weighted by Crippen LogP contribution is -2.55. The van der Waals surface area contributed by atoms with Crippen molar-refractivity contribution in [1.29, 1.82) is 0 Å². The number of cyclic esters (lactones) is 2. The van der Waals surface area contributed by atoms with Gasteiger partial charge >= 0.3 is 17.9 Å². The molecule has 1 heterocycles. The second-order valence-electron chi connectivity index (χ2n) is 7.45. The van der Waals surface area contributed by atoms with E-state index < -0.39 is 35.3 Å². The molecule has 0 N–H and O–H groups in total. The van der Waals surface area contributed by atoms with Crippen LogP contribution in [0.3, 0.4) is 0 Å². The summed E-state index contributed by atoms with van der Waals surface area (Å²) in [7, 11) is 0. The van der Waals surface area contributed by atoms with Crippen molar-refractivity contribution >= 4 is 29.5 Å². The number of esters is 3. The standard InChI is InChI=1S/C22H15ClO5/c1-10(2)19(24)28-22-14-6-4-3-5-12(14)16(13-8-7-11(23)9-15(13)22)17-18(22)21(26)27-20(17)25/h3-9,16-18H,1H2,2H3. The zero-order valence-corrected chi connectivity index (χ0v) is 15.7. The largest absolute Gasteiger partial charge is 0.445 e. The van der Waals surface area contributed by atoms with Gasteiger partial charge in [0.1, 0.15) is 5.92 Å². The van der Waals surface area contributed by atoms with Crippen molar-refractivity contribution in [2.24, 2.45) is 11.8 Å². The normalized spacial score (nSPS) is 28.9. The number of ether oxygens (including phenoxy) is 2. The predicted octanol–water partition coefficient (Wildman–Crippen LogP) is 3.48. The predicted molar refractivity (Wildman–Crippen MR) is 99.5 cm³/mol. The third-order valence-electron chi connectivity index (χ3n) is 5.93. The maximum absolute atomic E-state index is 12.8. The third-order valence-corrected chi connectivity index (χ3v) is 6.17. The Hall–Kier alpha value is -2.92. The average Bonchev–Trinajstić information content (AvgIpc) is 2.97. The van der Waals surface area contributed by atoms with Crippen LogP contribution in [0.1, 0.15) is 35.1 Å². The minimum absolute atomic E-state index is 0.192. The molecule has 0 spiro atoms. The van der Waals surface area contributed by atoms with E-state index in [-0.39, 0.29) is 11.5 Å². The highest BCUT2D eigenvalue weighted by Gasteiger charge is 2.69. The highest BCUT2D eigenvalue weighted by molar-refractivity contribution is 6.30. The minimum Gasteiger partial charge on any atom is -0.445 e. The van der Waals surface area contributed by atoms with Gasteiger partial charge in [0, 0.05) is 27.6 Å². The monoisotopic (exact) mass is 394 g/mol. The SMILES string of the molecule is C=C(C)C(=O)OC12c3ccccc3C(c3ccc(Cl)cc31)C1C(=O)OC(=O)C12. The molecule has 28 heavy (non-hydrogen) atoms. The Kier molecular flexibility index (Phi) is 3.41. The first-order valence-electron chi connectivity index (χ1n) is 8.90. The van der Waals surface area contributed by atoms with E-state index in [0.29, 0.717) is 16.1 Å². The second kappa shape index (κ2) is 5.55. The van der Waals surface area contributed by atoms with Crippen LogP contribution >= 0.6 is 11.6 Å². The molecule has 1 aliphatic heterocycles. The van der Waals surface area contributed by atoms with Gasteiger partial charge in [-0.15, -0.1) is 0 Å². The van der Waals surface area contributed by atoms with E-state index in [1.165, 1.54) is 6.92 Å². The smallest absolute Gasteiger partial charge is 0.334 e. The molecule has 0 aromatic heterocycles. The zero-order valence-electron chi connectivity index (χ0n) is 14.9. The molecule has 0 amide bonds. The van der Waals surface area contributed by atoms with Crippen molar-refractivity contribution in [3.05, 3.63) is 81.9 Å². The molecule has 6 heteroatoms. The second-order valence-corrected chi connectivity index (χ2v) is 7.88. The van der Waals surface area contributed by atoms with E-state index in [1.807, 2.05) is 30.3 Å². The van der Waals surface area contributed by atoms with Gasteiger partial charge in [0.15, 0.2) is 5.60 Å². The number of benzene rings is 2. The van der Waals surface area contributed by atoms with Crippen molar-refractivity contribution in [3.63, 3.8) is 0 Å². The van der Waals surface area contributed by atoms with Crippen molar-refractivity contribution in [3.8, 4) is 0 Å². The third kappa shape index (κ3) is 1.94. The van der Waals surface area contributed by atoms with Gasteiger partial charge in [-0.1, -0.05) is 48.5 Å². The quantitative estimate of drug-likeness (QED) is 0.443. The summed E-state index contributed by atoms with van der Waals surface area (Å²) in [5, 5.41) is 0.448. The molecule has 4 aliphatic rings. The minimum atomic E-state index is -1.49. The van der Waals surface area contributed by atoms with E-state index in [0.717, 1.165) is 11.1 Å². The molecule has 2 aromatic carbocycles. The van der Waals surface area contributed by atoms with Crippen LogP contribution in [-0.2, 0) is 29.5 Å². The highest BCUT2D eigenvalue weighted by atomic mass is 35.5. The van der Waals surface area contributed by atoms with Gasteiger partial charge in [-0.2, -0.15) is 0 Å². The van der Waals surface area contributed by atoms with E-state index in [9.17, 15) is 14.4 Å². The summed E-state index contributed by atoms with van der Waals surface area (Å²) in [6.07, 6.45) is 0. The Labute approximate surface area is 165 Å². The van der Waals surface area contributed by atoms with Gasteiger partial charge in [-0.3, -0.25) is 9.59 Å². The van der Waals surface area contributed by atoms with Crippen molar-refractivity contribution in [1.82, 2.24) is 0 Å². The van der Waals surface area contributed by atoms with Gasteiger partial charge in [0.25, 0.3) is 0 Å². The molecule has 1 saturated heterocycles. The average molecular weight is 395 g/mol. The number of halogens is 1. The summed E-state index contributed by atoms with van der Waals surface area (Å²) in [6.45, 7) is 5.20. The molecule has 5 nitrogen and oxygen atoms in total. The van der Waals surface area contributed by atoms with Crippen LogP contribution in [0, 0.1) is 11.8 Å². The Morgan fingerprint density at radius 3 is 2.57 bits per heavy atom. The molecule has 2 aromatic rings. The number of carbonyl (C=O) groups excluding carboxylic acids is 3. The van der Waals surface area contributed by atoms with Crippen LogP contribution < -0.4 is 0 Å². The fourth-order valence-electron chi connectivity index (χ4n) is 4.93. The van der Waals surface area contributed by atoms with Gasteiger partial charge in [-0.05, 0) is 30.2 Å². The summed E-state index contributed by atoms with van der Waals surface area (Å²) >= 11 is 6.27. The fraction of sp³-hybridized carbons (Fsp3) is 0.227. The summed E-state index contributed by atoms with van der Waals surface area (Å²) in [4.78, 5) is 38.1. The molecular formula is C22H15ClO5. The Morgan fingerprint density at radius 1 is 1.11 bits per heavy atom.